The quantitative estimate of drug-likeness (QED) is 0.400. The Morgan fingerprint density at radius 2 is 1.90 bits per heavy atom. The summed E-state index contributed by atoms with van der Waals surface area (Å²) in [6.07, 6.45) is 9.13. The first kappa shape index (κ1) is 19.0. The molecule has 6 nitrogen and oxygen atoms in total. The largest absolute Gasteiger partial charge is 0.370 e. The van der Waals surface area contributed by atoms with Gasteiger partial charge in [-0.05, 0) is 25.7 Å². The summed E-state index contributed by atoms with van der Waals surface area (Å²) in [6.45, 7) is 1.06. The molecule has 0 amide bonds. The predicted octanol–water partition coefficient (Wildman–Crippen LogP) is 1.27. The Balaban J connectivity index is 0.00000220. The van der Waals surface area contributed by atoms with Gasteiger partial charge in [0.25, 0.3) is 0 Å². The molecule has 0 bridgehead atoms. The minimum absolute atomic E-state index is 0. The van der Waals surface area contributed by atoms with E-state index in [0.717, 1.165) is 25.7 Å². The van der Waals surface area contributed by atoms with Crippen LogP contribution in [0.1, 0.15) is 44.9 Å². The average molecular weight is 430 g/mol. The van der Waals surface area contributed by atoms with Gasteiger partial charge in [-0.15, -0.1) is 24.0 Å². The van der Waals surface area contributed by atoms with Gasteiger partial charge in [-0.2, -0.15) is 4.31 Å². The van der Waals surface area contributed by atoms with Crippen molar-refractivity contribution in [3.63, 3.8) is 0 Å². The van der Waals surface area contributed by atoms with Crippen LogP contribution in [0.25, 0.3) is 0 Å². The van der Waals surface area contributed by atoms with Crippen LogP contribution >= 0.6 is 24.0 Å². The van der Waals surface area contributed by atoms with Gasteiger partial charge in [-0.3, -0.25) is 4.99 Å². The van der Waals surface area contributed by atoms with Gasteiger partial charge in [-0.25, -0.2) is 8.42 Å². The molecule has 2 rings (SSSR count). The van der Waals surface area contributed by atoms with Crippen LogP contribution in [-0.2, 0) is 10.0 Å². The summed E-state index contributed by atoms with van der Waals surface area (Å²) in [5, 5.41) is 3.26. The van der Waals surface area contributed by atoms with Gasteiger partial charge in [0.15, 0.2) is 5.96 Å². The van der Waals surface area contributed by atoms with Crippen LogP contribution in [0, 0.1) is 0 Å². The number of halogens is 1. The molecule has 0 aromatic rings. The van der Waals surface area contributed by atoms with Crippen molar-refractivity contribution in [2.24, 2.45) is 10.7 Å². The Labute approximate surface area is 145 Å². The SMILES string of the molecule is CS(=O)(=O)N1CCC[C@@H]1CN=C(N)NC1CCCCC1.I. The summed E-state index contributed by atoms with van der Waals surface area (Å²) in [5.41, 5.74) is 5.91. The Bertz CT molecular complexity index is 449. The Hall–Kier alpha value is -0.0900. The summed E-state index contributed by atoms with van der Waals surface area (Å²) in [6, 6.07) is 0.402. The fraction of sp³-hybridized carbons (Fsp3) is 0.923. The van der Waals surface area contributed by atoms with E-state index in [0.29, 0.717) is 25.1 Å². The van der Waals surface area contributed by atoms with Crippen LogP contribution < -0.4 is 11.1 Å². The molecule has 2 aliphatic rings. The van der Waals surface area contributed by atoms with E-state index < -0.39 is 10.0 Å². The number of hydrogen-bond donors (Lipinski definition) is 2. The van der Waals surface area contributed by atoms with Gasteiger partial charge in [0.2, 0.25) is 10.0 Å². The van der Waals surface area contributed by atoms with Gasteiger partial charge < -0.3 is 11.1 Å². The number of rotatable bonds is 4. The molecule has 1 heterocycles. The van der Waals surface area contributed by atoms with Crippen molar-refractivity contribution in [1.82, 2.24) is 9.62 Å². The molecule has 0 aromatic carbocycles. The van der Waals surface area contributed by atoms with Gasteiger partial charge in [0, 0.05) is 18.6 Å². The highest BCUT2D eigenvalue weighted by molar-refractivity contribution is 14.0. The van der Waals surface area contributed by atoms with Crippen molar-refractivity contribution in [2.75, 3.05) is 19.3 Å². The second kappa shape index (κ2) is 8.52. The highest BCUT2D eigenvalue weighted by Gasteiger charge is 2.31. The highest BCUT2D eigenvalue weighted by atomic mass is 127. The lowest BCUT2D eigenvalue weighted by Gasteiger charge is -2.24. The molecular weight excluding hydrogens is 403 g/mol. The predicted molar refractivity (Wildman–Crippen MR) is 96.5 cm³/mol. The van der Waals surface area contributed by atoms with Crippen LogP contribution in [0.5, 0.6) is 0 Å². The third-order valence-corrected chi connectivity index (χ3v) is 5.51. The molecule has 1 aliphatic heterocycles. The van der Waals surface area contributed by atoms with E-state index in [1.807, 2.05) is 0 Å². The standard InChI is InChI=1S/C13H26N4O2S.HI/c1-20(18,19)17-9-5-8-12(17)10-15-13(14)16-11-6-3-2-4-7-11;/h11-12H,2-10H2,1H3,(H3,14,15,16);1H/t12-;/m1./s1. The van der Waals surface area contributed by atoms with Crippen molar-refractivity contribution in [3.05, 3.63) is 0 Å². The summed E-state index contributed by atoms with van der Waals surface area (Å²) >= 11 is 0. The molecule has 21 heavy (non-hydrogen) atoms. The monoisotopic (exact) mass is 430 g/mol. The van der Waals surface area contributed by atoms with E-state index in [4.69, 9.17) is 5.73 Å². The number of guanidine groups is 1. The molecule has 1 atom stereocenters. The summed E-state index contributed by atoms with van der Waals surface area (Å²) in [5.74, 6) is 0.456. The zero-order valence-electron chi connectivity index (χ0n) is 12.6. The molecule has 3 N–H and O–H groups in total. The number of aliphatic imine (C=N–C) groups is 1. The van der Waals surface area contributed by atoms with Crippen molar-refractivity contribution in [1.29, 1.82) is 0 Å². The smallest absolute Gasteiger partial charge is 0.211 e. The molecule has 8 heteroatoms. The summed E-state index contributed by atoms with van der Waals surface area (Å²) in [7, 11) is -3.12. The number of hydrogen-bond acceptors (Lipinski definition) is 3. The molecule has 1 aliphatic carbocycles. The summed E-state index contributed by atoms with van der Waals surface area (Å²) in [4.78, 5) is 4.34. The molecule has 0 radical (unpaired) electrons. The molecule has 0 aromatic heterocycles. The fourth-order valence-electron chi connectivity index (χ4n) is 3.13. The first-order valence-electron chi connectivity index (χ1n) is 7.50. The first-order chi connectivity index (χ1) is 9.47. The minimum atomic E-state index is -3.12. The molecule has 0 spiro atoms. The molecule has 2 fully saturated rings. The fourth-order valence-corrected chi connectivity index (χ4v) is 4.31. The van der Waals surface area contributed by atoms with E-state index in [1.54, 1.807) is 4.31 Å². The average Bonchev–Trinajstić information content (AvgIpc) is 2.86. The van der Waals surface area contributed by atoms with Crippen LogP contribution in [0.4, 0.5) is 0 Å². The lowest BCUT2D eigenvalue weighted by atomic mass is 9.96. The van der Waals surface area contributed by atoms with Crippen molar-refractivity contribution in [3.8, 4) is 0 Å². The molecular formula is C13H27IN4O2S. The van der Waals surface area contributed by atoms with Crippen LogP contribution in [0.2, 0.25) is 0 Å². The van der Waals surface area contributed by atoms with Gasteiger partial charge >= 0.3 is 0 Å². The van der Waals surface area contributed by atoms with Gasteiger partial charge in [0.1, 0.15) is 0 Å². The second-order valence-electron chi connectivity index (χ2n) is 5.87. The number of sulfonamides is 1. The lowest BCUT2D eigenvalue weighted by molar-refractivity contribution is 0.394. The third-order valence-electron chi connectivity index (χ3n) is 4.18. The highest BCUT2D eigenvalue weighted by Crippen LogP contribution is 2.20. The molecule has 1 saturated heterocycles. The second-order valence-corrected chi connectivity index (χ2v) is 7.81. The van der Waals surface area contributed by atoms with Gasteiger partial charge in [-0.1, -0.05) is 19.3 Å². The van der Waals surface area contributed by atoms with E-state index in [9.17, 15) is 8.42 Å². The zero-order valence-corrected chi connectivity index (χ0v) is 15.8. The maximum Gasteiger partial charge on any atom is 0.211 e. The van der Waals surface area contributed by atoms with Crippen molar-refractivity contribution < 1.29 is 8.42 Å². The molecule has 0 unspecified atom stereocenters. The maximum absolute atomic E-state index is 11.6. The van der Waals surface area contributed by atoms with E-state index in [-0.39, 0.29) is 30.0 Å². The van der Waals surface area contributed by atoms with E-state index >= 15 is 0 Å². The summed E-state index contributed by atoms with van der Waals surface area (Å²) < 4.78 is 24.8. The first-order valence-corrected chi connectivity index (χ1v) is 9.35. The topological polar surface area (TPSA) is 87.8 Å². The van der Waals surface area contributed by atoms with Crippen LogP contribution in [0.3, 0.4) is 0 Å². The van der Waals surface area contributed by atoms with E-state index in [1.165, 1.54) is 25.5 Å². The molecule has 1 saturated carbocycles. The number of nitrogens with zero attached hydrogens (tertiary/aromatic N) is 2. The van der Waals surface area contributed by atoms with Crippen LogP contribution in [-0.4, -0.2) is 50.1 Å². The Morgan fingerprint density at radius 1 is 1.24 bits per heavy atom. The lowest BCUT2D eigenvalue weighted by Crippen LogP contribution is -2.42. The Kier molecular flexibility index (Phi) is 7.69. The normalized spacial score (nSPS) is 25.6. The minimum Gasteiger partial charge on any atom is -0.370 e. The third kappa shape index (κ3) is 5.90. The van der Waals surface area contributed by atoms with Gasteiger partial charge in [0.05, 0.1) is 12.8 Å². The van der Waals surface area contributed by atoms with Crippen molar-refractivity contribution >= 4 is 40.0 Å². The zero-order chi connectivity index (χ0) is 14.6. The maximum atomic E-state index is 11.6. The van der Waals surface area contributed by atoms with Crippen molar-refractivity contribution in [2.45, 2.75) is 57.0 Å². The molecule has 124 valence electrons. The van der Waals surface area contributed by atoms with E-state index in [2.05, 4.69) is 10.3 Å². The number of nitrogens with one attached hydrogen (secondary N) is 1. The van der Waals surface area contributed by atoms with Crippen LogP contribution in [0.15, 0.2) is 4.99 Å². The number of nitrogens with two attached hydrogens (primary N) is 1. The Morgan fingerprint density at radius 3 is 2.52 bits per heavy atom.